The summed E-state index contributed by atoms with van der Waals surface area (Å²) < 4.78 is 33.4. The van der Waals surface area contributed by atoms with Gasteiger partial charge in [0.25, 0.3) is 5.91 Å². The second-order valence-corrected chi connectivity index (χ2v) is 10.5. The molecule has 4 rings (SSSR count). The molecular weight excluding hydrogens is 458 g/mol. The number of nitrogens with zero attached hydrogens (tertiary/aromatic N) is 2. The monoisotopic (exact) mass is 485 g/mol. The van der Waals surface area contributed by atoms with Crippen molar-refractivity contribution in [3.8, 4) is 5.75 Å². The van der Waals surface area contributed by atoms with E-state index in [0.717, 1.165) is 29.2 Å². The van der Waals surface area contributed by atoms with Gasteiger partial charge in [-0.2, -0.15) is 4.31 Å². The van der Waals surface area contributed by atoms with Crippen LogP contribution in [0, 0.1) is 0 Å². The fraction of sp³-hybridized carbons (Fsp3) is 0.292. The van der Waals surface area contributed by atoms with Crippen LogP contribution in [0.15, 0.2) is 64.9 Å². The maximum atomic E-state index is 13.4. The molecule has 1 aromatic heterocycles. The third-order valence-electron chi connectivity index (χ3n) is 5.75. The molecule has 174 valence electrons. The first kappa shape index (κ1) is 23.3. The van der Waals surface area contributed by atoms with Gasteiger partial charge in [-0.15, -0.1) is 11.3 Å². The largest absolute Gasteiger partial charge is 0.497 e. The molecule has 9 heteroatoms. The molecule has 3 aromatic rings. The van der Waals surface area contributed by atoms with Crippen LogP contribution in [0.5, 0.6) is 5.75 Å². The number of aryl methyl sites for hydroxylation is 1. The number of nitrogens with one attached hydrogen (secondary N) is 1. The number of ether oxygens (including phenoxy) is 1. The van der Waals surface area contributed by atoms with E-state index in [1.54, 1.807) is 12.5 Å². The number of anilines is 2. The molecule has 1 fully saturated rings. The molecule has 0 spiro atoms. The molecule has 0 bridgehead atoms. The first-order valence-corrected chi connectivity index (χ1v) is 13.1. The Bertz CT molecular complexity index is 1200. The van der Waals surface area contributed by atoms with Gasteiger partial charge in [-0.3, -0.25) is 4.79 Å². The third-order valence-corrected chi connectivity index (χ3v) is 8.73. The SMILES string of the molecule is CCc1ccc(NC(=O)c2sccc2S(=O)(=O)N2CCN(c3ccc(OC)cc3)CC2)cc1. The number of thiophene rings is 1. The number of amides is 1. The lowest BCUT2D eigenvalue weighted by atomic mass is 10.1. The Morgan fingerprint density at radius 1 is 1.00 bits per heavy atom. The number of carbonyl (C=O) groups excluding carboxylic acids is 1. The molecule has 7 nitrogen and oxygen atoms in total. The Kier molecular flexibility index (Phi) is 7.02. The van der Waals surface area contributed by atoms with E-state index in [2.05, 4.69) is 17.1 Å². The maximum absolute atomic E-state index is 13.4. The zero-order valence-corrected chi connectivity index (χ0v) is 20.3. The Balaban J connectivity index is 1.45. The quantitative estimate of drug-likeness (QED) is 0.546. The highest BCUT2D eigenvalue weighted by Crippen LogP contribution is 2.28. The van der Waals surface area contributed by atoms with Gasteiger partial charge in [-0.25, -0.2) is 8.42 Å². The standard InChI is InChI=1S/C24H27N3O4S2/c1-3-18-4-6-19(7-5-18)25-24(28)23-22(12-17-32-23)33(29,30)27-15-13-26(14-16-27)20-8-10-21(31-2)11-9-20/h4-12,17H,3,13-16H2,1-2H3,(H,25,28). The number of benzene rings is 2. The van der Waals surface area contributed by atoms with Crippen LogP contribution in [0.4, 0.5) is 11.4 Å². The average Bonchev–Trinajstić information content (AvgIpc) is 3.36. The van der Waals surface area contributed by atoms with Crippen molar-refractivity contribution in [1.29, 1.82) is 0 Å². The van der Waals surface area contributed by atoms with Crippen molar-refractivity contribution in [2.24, 2.45) is 0 Å². The highest BCUT2D eigenvalue weighted by Gasteiger charge is 2.32. The number of methoxy groups -OCH3 is 1. The van der Waals surface area contributed by atoms with Crippen molar-refractivity contribution in [2.45, 2.75) is 18.2 Å². The topological polar surface area (TPSA) is 79.0 Å². The number of sulfonamides is 1. The summed E-state index contributed by atoms with van der Waals surface area (Å²) in [6.45, 7) is 3.91. The first-order chi connectivity index (χ1) is 15.9. The third kappa shape index (κ3) is 5.05. The van der Waals surface area contributed by atoms with E-state index in [0.29, 0.717) is 31.9 Å². The van der Waals surface area contributed by atoms with Crippen molar-refractivity contribution in [1.82, 2.24) is 4.31 Å². The minimum Gasteiger partial charge on any atom is -0.497 e. The zero-order valence-electron chi connectivity index (χ0n) is 18.7. The van der Waals surface area contributed by atoms with Crippen molar-refractivity contribution in [2.75, 3.05) is 43.5 Å². The van der Waals surface area contributed by atoms with E-state index in [1.807, 2.05) is 48.5 Å². The molecule has 1 N–H and O–H groups in total. The van der Waals surface area contributed by atoms with Crippen molar-refractivity contribution < 1.29 is 17.9 Å². The first-order valence-electron chi connectivity index (χ1n) is 10.8. The summed E-state index contributed by atoms with van der Waals surface area (Å²) in [5.74, 6) is 0.370. The highest BCUT2D eigenvalue weighted by atomic mass is 32.2. The minimum absolute atomic E-state index is 0.0630. The predicted octanol–water partition coefficient (Wildman–Crippen LogP) is 4.08. The average molecular weight is 486 g/mol. The van der Waals surface area contributed by atoms with E-state index < -0.39 is 15.9 Å². The van der Waals surface area contributed by atoms with Crippen LogP contribution in [0.1, 0.15) is 22.2 Å². The van der Waals surface area contributed by atoms with Gasteiger partial charge in [-0.05, 0) is 59.8 Å². The minimum atomic E-state index is -3.78. The molecule has 2 aromatic carbocycles. The summed E-state index contributed by atoms with van der Waals surface area (Å²) >= 11 is 1.14. The molecular formula is C24H27N3O4S2. The number of hydrogen-bond donors (Lipinski definition) is 1. The smallest absolute Gasteiger partial charge is 0.267 e. The van der Waals surface area contributed by atoms with Gasteiger partial charge in [0.1, 0.15) is 15.5 Å². The van der Waals surface area contributed by atoms with Gasteiger partial charge < -0.3 is 15.0 Å². The van der Waals surface area contributed by atoms with Gasteiger partial charge in [0.2, 0.25) is 10.0 Å². The normalized spacial score (nSPS) is 14.8. The van der Waals surface area contributed by atoms with E-state index in [1.165, 1.54) is 15.9 Å². The van der Waals surface area contributed by atoms with Gasteiger partial charge >= 0.3 is 0 Å². The van der Waals surface area contributed by atoms with Gasteiger partial charge in [-0.1, -0.05) is 19.1 Å². The molecule has 1 aliphatic heterocycles. The second kappa shape index (κ2) is 9.94. The summed E-state index contributed by atoms with van der Waals surface area (Å²) in [7, 11) is -2.15. The van der Waals surface area contributed by atoms with Gasteiger partial charge in [0.05, 0.1) is 7.11 Å². The zero-order chi connectivity index (χ0) is 23.4. The van der Waals surface area contributed by atoms with E-state index >= 15 is 0 Å². The fourth-order valence-corrected chi connectivity index (χ4v) is 6.51. The number of rotatable bonds is 7. The van der Waals surface area contributed by atoms with Crippen LogP contribution in [-0.4, -0.2) is 51.9 Å². The van der Waals surface area contributed by atoms with E-state index in [4.69, 9.17) is 4.74 Å². The summed E-state index contributed by atoms with van der Waals surface area (Å²) in [4.78, 5) is 15.3. The molecule has 1 saturated heterocycles. The molecule has 0 radical (unpaired) electrons. The Morgan fingerprint density at radius 3 is 2.27 bits per heavy atom. The Morgan fingerprint density at radius 2 is 1.67 bits per heavy atom. The number of hydrogen-bond acceptors (Lipinski definition) is 6. The van der Waals surface area contributed by atoms with Crippen LogP contribution >= 0.6 is 11.3 Å². The molecule has 0 saturated carbocycles. The summed E-state index contributed by atoms with van der Waals surface area (Å²) in [6, 6.07) is 16.8. The van der Waals surface area contributed by atoms with Crippen molar-refractivity contribution >= 4 is 38.6 Å². The van der Waals surface area contributed by atoms with E-state index in [-0.39, 0.29) is 9.77 Å². The highest BCUT2D eigenvalue weighted by molar-refractivity contribution is 7.89. The lowest BCUT2D eigenvalue weighted by Crippen LogP contribution is -2.48. The van der Waals surface area contributed by atoms with Crippen molar-refractivity contribution in [3.63, 3.8) is 0 Å². The van der Waals surface area contributed by atoms with Crippen LogP contribution in [0.3, 0.4) is 0 Å². The molecule has 0 unspecified atom stereocenters. The lowest BCUT2D eigenvalue weighted by molar-refractivity contribution is 0.102. The van der Waals surface area contributed by atoms with E-state index in [9.17, 15) is 13.2 Å². The lowest BCUT2D eigenvalue weighted by Gasteiger charge is -2.35. The summed E-state index contributed by atoms with van der Waals surface area (Å²) in [5, 5.41) is 4.47. The fourth-order valence-electron chi connectivity index (χ4n) is 3.80. The second-order valence-electron chi connectivity index (χ2n) is 7.71. The van der Waals surface area contributed by atoms with Crippen LogP contribution in [0.25, 0.3) is 0 Å². The number of carbonyl (C=O) groups is 1. The Hall–Kier alpha value is -2.88. The van der Waals surface area contributed by atoms with Crippen molar-refractivity contribution in [3.05, 3.63) is 70.4 Å². The molecule has 33 heavy (non-hydrogen) atoms. The predicted molar refractivity (Wildman–Crippen MR) is 132 cm³/mol. The van der Waals surface area contributed by atoms with Gasteiger partial charge in [0, 0.05) is 37.6 Å². The maximum Gasteiger partial charge on any atom is 0.267 e. The molecule has 0 aliphatic carbocycles. The van der Waals surface area contributed by atoms with Gasteiger partial charge in [0.15, 0.2) is 0 Å². The van der Waals surface area contributed by atoms with Crippen LogP contribution in [0.2, 0.25) is 0 Å². The molecule has 1 aliphatic rings. The molecule has 2 heterocycles. The molecule has 1 amide bonds. The summed E-state index contributed by atoms with van der Waals surface area (Å²) in [5.41, 5.74) is 2.83. The molecule has 0 atom stereocenters. The Labute approximate surface area is 198 Å². The van der Waals surface area contributed by atoms with Crippen LogP contribution < -0.4 is 15.0 Å². The van der Waals surface area contributed by atoms with Crippen LogP contribution in [-0.2, 0) is 16.4 Å². The summed E-state index contributed by atoms with van der Waals surface area (Å²) in [6.07, 6.45) is 0.910. The number of piperazine rings is 1.